The fraction of sp³-hybridized carbons (Fsp3) is 0.364. The Hall–Kier alpha value is -1.55. The highest BCUT2D eigenvalue weighted by Gasteiger charge is 2.31. The van der Waals surface area contributed by atoms with Crippen molar-refractivity contribution in [1.82, 2.24) is 0 Å². The molecule has 0 fully saturated rings. The zero-order valence-corrected chi connectivity index (χ0v) is 8.18. The molecule has 1 aliphatic carbocycles. The predicted octanol–water partition coefficient (Wildman–Crippen LogP) is 1.04. The minimum atomic E-state index is -0.864. The van der Waals surface area contributed by atoms with Gasteiger partial charge in [0.1, 0.15) is 5.75 Å². The van der Waals surface area contributed by atoms with Crippen molar-refractivity contribution in [1.29, 1.82) is 0 Å². The summed E-state index contributed by atoms with van der Waals surface area (Å²) in [6.07, 6.45) is 1.27. The fourth-order valence-corrected chi connectivity index (χ4v) is 2.10. The van der Waals surface area contributed by atoms with Crippen LogP contribution in [0.2, 0.25) is 0 Å². The number of hydrogen-bond acceptors (Lipinski definition) is 3. The van der Waals surface area contributed by atoms with Gasteiger partial charge in [-0.15, -0.1) is 0 Å². The largest absolute Gasteiger partial charge is 0.508 e. The van der Waals surface area contributed by atoms with Crippen molar-refractivity contribution < 1.29 is 15.0 Å². The lowest BCUT2D eigenvalue weighted by Gasteiger charge is -2.28. The maximum atomic E-state index is 10.9. The van der Waals surface area contributed by atoms with Crippen LogP contribution in [0.1, 0.15) is 23.6 Å². The Morgan fingerprint density at radius 2 is 2.20 bits per heavy atom. The lowest BCUT2D eigenvalue weighted by Crippen LogP contribution is -2.32. The molecule has 0 amide bonds. The SMILES string of the molecule is NC1c2cc(O)ccc2CCC1C(=O)O. The average molecular weight is 207 g/mol. The van der Waals surface area contributed by atoms with E-state index in [0.29, 0.717) is 12.8 Å². The van der Waals surface area contributed by atoms with Crippen molar-refractivity contribution in [2.24, 2.45) is 11.7 Å². The van der Waals surface area contributed by atoms with Gasteiger partial charge in [0.2, 0.25) is 0 Å². The highest BCUT2D eigenvalue weighted by molar-refractivity contribution is 5.72. The number of aromatic hydroxyl groups is 1. The number of aliphatic carboxylic acids is 1. The second kappa shape index (κ2) is 3.55. The predicted molar refractivity (Wildman–Crippen MR) is 54.5 cm³/mol. The molecule has 1 aromatic carbocycles. The number of carboxylic acid groups (broad SMARTS) is 1. The molecule has 0 saturated heterocycles. The summed E-state index contributed by atoms with van der Waals surface area (Å²) in [6, 6.07) is 4.46. The molecule has 0 heterocycles. The first kappa shape index (κ1) is 9.98. The van der Waals surface area contributed by atoms with Crippen LogP contribution in [0.25, 0.3) is 0 Å². The van der Waals surface area contributed by atoms with E-state index in [1.807, 2.05) is 6.07 Å². The van der Waals surface area contributed by atoms with Crippen LogP contribution in [0.4, 0.5) is 0 Å². The number of phenols is 1. The van der Waals surface area contributed by atoms with Crippen molar-refractivity contribution in [3.63, 3.8) is 0 Å². The highest BCUT2D eigenvalue weighted by atomic mass is 16.4. The normalized spacial score (nSPS) is 24.6. The Morgan fingerprint density at radius 1 is 1.47 bits per heavy atom. The first-order chi connectivity index (χ1) is 7.09. The van der Waals surface area contributed by atoms with Gasteiger partial charge in [0.05, 0.1) is 5.92 Å². The van der Waals surface area contributed by atoms with Gasteiger partial charge in [-0.05, 0) is 36.1 Å². The zero-order valence-electron chi connectivity index (χ0n) is 8.18. The molecule has 1 aliphatic rings. The van der Waals surface area contributed by atoms with Crippen LogP contribution < -0.4 is 5.73 Å². The van der Waals surface area contributed by atoms with E-state index < -0.39 is 17.9 Å². The molecule has 1 aromatic rings. The monoisotopic (exact) mass is 207 g/mol. The summed E-state index contributed by atoms with van der Waals surface area (Å²) in [5, 5.41) is 18.3. The fourth-order valence-electron chi connectivity index (χ4n) is 2.10. The third kappa shape index (κ3) is 1.68. The Balaban J connectivity index is 2.40. The van der Waals surface area contributed by atoms with E-state index in [0.717, 1.165) is 11.1 Å². The van der Waals surface area contributed by atoms with Crippen LogP contribution in [-0.2, 0) is 11.2 Å². The summed E-state index contributed by atoms with van der Waals surface area (Å²) in [5.41, 5.74) is 7.67. The smallest absolute Gasteiger partial charge is 0.308 e. The molecule has 15 heavy (non-hydrogen) atoms. The molecule has 0 radical (unpaired) electrons. The third-order valence-corrected chi connectivity index (χ3v) is 2.96. The third-order valence-electron chi connectivity index (χ3n) is 2.96. The second-order valence-electron chi connectivity index (χ2n) is 3.89. The molecule has 0 aromatic heterocycles. The molecule has 4 heteroatoms. The van der Waals surface area contributed by atoms with Gasteiger partial charge in [0.15, 0.2) is 0 Å². The number of nitrogens with two attached hydrogens (primary N) is 1. The standard InChI is InChI=1S/C11H13NO3/c12-10-8(11(14)15)4-2-6-1-3-7(13)5-9(6)10/h1,3,5,8,10,13H,2,4,12H2,(H,14,15). The lowest BCUT2D eigenvalue weighted by molar-refractivity contribution is -0.143. The summed E-state index contributed by atoms with van der Waals surface area (Å²) in [6.45, 7) is 0. The number of carboxylic acids is 1. The van der Waals surface area contributed by atoms with Gasteiger partial charge in [-0.25, -0.2) is 0 Å². The average Bonchev–Trinajstić information content (AvgIpc) is 2.19. The second-order valence-corrected chi connectivity index (χ2v) is 3.89. The van der Waals surface area contributed by atoms with Gasteiger partial charge in [0.25, 0.3) is 0 Å². The van der Waals surface area contributed by atoms with Crippen LogP contribution in [-0.4, -0.2) is 16.2 Å². The van der Waals surface area contributed by atoms with Gasteiger partial charge in [-0.1, -0.05) is 6.07 Å². The summed E-state index contributed by atoms with van der Waals surface area (Å²) in [7, 11) is 0. The Kier molecular flexibility index (Phi) is 2.36. The van der Waals surface area contributed by atoms with Crippen molar-refractivity contribution in [2.75, 3.05) is 0 Å². The van der Waals surface area contributed by atoms with E-state index in [1.165, 1.54) is 0 Å². The first-order valence-electron chi connectivity index (χ1n) is 4.90. The van der Waals surface area contributed by atoms with E-state index >= 15 is 0 Å². The van der Waals surface area contributed by atoms with Gasteiger partial charge < -0.3 is 15.9 Å². The van der Waals surface area contributed by atoms with Crippen LogP contribution in [0.15, 0.2) is 18.2 Å². The van der Waals surface area contributed by atoms with E-state index in [2.05, 4.69) is 0 Å². The summed E-state index contributed by atoms with van der Waals surface area (Å²) >= 11 is 0. The topological polar surface area (TPSA) is 83.5 Å². The van der Waals surface area contributed by atoms with Gasteiger partial charge in [-0.2, -0.15) is 0 Å². The molecule has 2 rings (SSSR count). The lowest BCUT2D eigenvalue weighted by atomic mass is 9.80. The Morgan fingerprint density at radius 3 is 2.87 bits per heavy atom. The van der Waals surface area contributed by atoms with Crippen molar-refractivity contribution in [3.05, 3.63) is 29.3 Å². The molecule has 2 unspecified atom stereocenters. The Labute approximate surface area is 87.3 Å². The highest BCUT2D eigenvalue weighted by Crippen LogP contribution is 2.34. The summed E-state index contributed by atoms with van der Waals surface area (Å²) < 4.78 is 0. The Bertz CT molecular complexity index is 403. The molecule has 2 atom stereocenters. The van der Waals surface area contributed by atoms with Crippen molar-refractivity contribution >= 4 is 5.97 Å². The van der Waals surface area contributed by atoms with E-state index in [1.54, 1.807) is 12.1 Å². The molecule has 80 valence electrons. The molecule has 4 nitrogen and oxygen atoms in total. The van der Waals surface area contributed by atoms with Crippen molar-refractivity contribution in [3.8, 4) is 5.75 Å². The van der Waals surface area contributed by atoms with Gasteiger partial charge in [-0.3, -0.25) is 4.79 Å². The number of rotatable bonds is 1. The van der Waals surface area contributed by atoms with Crippen LogP contribution in [0.3, 0.4) is 0 Å². The van der Waals surface area contributed by atoms with E-state index in [4.69, 9.17) is 10.8 Å². The number of fused-ring (bicyclic) bond motifs is 1. The molecular weight excluding hydrogens is 194 g/mol. The van der Waals surface area contributed by atoms with E-state index in [-0.39, 0.29) is 5.75 Å². The molecule has 4 N–H and O–H groups in total. The maximum Gasteiger partial charge on any atom is 0.308 e. The molecular formula is C11H13NO3. The summed E-state index contributed by atoms with van der Waals surface area (Å²) in [4.78, 5) is 10.9. The van der Waals surface area contributed by atoms with Crippen LogP contribution in [0.5, 0.6) is 5.75 Å². The summed E-state index contributed by atoms with van der Waals surface area (Å²) in [5.74, 6) is -1.27. The number of phenolic OH excluding ortho intramolecular Hbond substituents is 1. The molecule has 0 saturated carbocycles. The minimum Gasteiger partial charge on any atom is -0.508 e. The van der Waals surface area contributed by atoms with Crippen LogP contribution in [0, 0.1) is 5.92 Å². The molecule has 0 aliphatic heterocycles. The number of carbonyl (C=O) groups is 1. The first-order valence-corrected chi connectivity index (χ1v) is 4.90. The maximum absolute atomic E-state index is 10.9. The van der Waals surface area contributed by atoms with E-state index in [9.17, 15) is 9.90 Å². The van der Waals surface area contributed by atoms with Gasteiger partial charge >= 0.3 is 5.97 Å². The quantitative estimate of drug-likeness (QED) is 0.642. The van der Waals surface area contributed by atoms with Crippen molar-refractivity contribution in [2.45, 2.75) is 18.9 Å². The molecule has 0 bridgehead atoms. The van der Waals surface area contributed by atoms with Crippen LogP contribution >= 0.6 is 0 Å². The number of benzene rings is 1. The zero-order chi connectivity index (χ0) is 11.0. The molecule has 0 spiro atoms. The van der Waals surface area contributed by atoms with Gasteiger partial charge in [0, 0.05) is 6.04 Å². The number of aryl methyl sites for hydroxylation is 1. The minimum absolute atomic E-state index is 0.134. The number of hydrogen-bond donors (Lipinski definition) is 3.